The van der Waals surface area contributed by atoms with Crippen LogP contribution in [0, 0.1) is 0 Å². The third kappa shape index (κ3) is 3.68. The van der Waals surface area contributed by atoms with Gasteiger partial charge in [-0.15, -0.1) is 0 Å². The normalized spacial score (nSPS) is 19.2. The van der Waals surface area contributed by atoms with E-state index in [9.17, 15) is 14.7 Å². The number of benzene rings is 1. The first-order valence-electron chi connectivity index (χ1n) is 6.61. The molecule has 1 fully saturated rings. The van der Waals surface area contributed by atoms with Crippen molar-refractivity contribution in [1.82, 2.24) is 4.90 Å². The van der Waals surface area contributed by atoms with Gasteiger partial charge in [-0.2, -0.15) is 0 Å². The van der Waals surface area contributed by atoms with Gasteiger partial charge in [0.15, 0.2) is 0 Å². The minimum atomic E-state index is -0.473. The topological polar surface area (TPSA) is 83.6 Å². The van der Waals surface area contributed by atoms with Crippen molar-refractivity contribution in [3.05, 3.63) is 41.5 Å². The van der Waals surface area contributed by atoms with Crippen molar-refractivity contribution in [2.24, 2.45) is 5.73 Å². The number of hydrogen-bond donors (Lipinski definition) is 2. The van der Waals surface area contributed by atoms with E-state index in [1.165, 1.54) is 6.08 Å². The first kappa shape index (κ1) is 14.3. The van der Waals surface area contributed by atoms with E-state index < -0.39 is 12.0 Å². The van der Waals surface area contributed by atoms with Gasteiger partial charge in [0.1, 0.15) is 0 Å². The molecule has 0 radical (unpaired) electrons. The van der Waals surface area contributed by atoms with Crippen LogP contribution in [0.3, 0.4) is 0 Å². The van der Waals surface area contributed by atoms with Crippen LogP contribution in [0.25, 0.3) is 6.08 Å². The summed E-state index contributed by atoms with van der Waals surface area (Å²) in [5.41, 5.74) is 6.41. The fourth-order valence-electron chi connectivity index (χ4n) is 2.19. The lowest BCUT2D eigenvalue weighted by Gasteiger charge is -2.29. The Morgan fingerprint density at radius 3 is 2.60 bits per heavy atom. The highest BCUT2D eigenvalue weighted by molar-refractivity contribution is 5.94. The molecule has 0 aliphatic carbocycles. The maximum absolute atomic E-state index is 11.9. The van der Waals surface area contributed by atoms with Crippen LogP contribution >= 0.6 is 0 Å². The Labute approximate surface area is 117 Å². The van der Waals surface area contributed by atoms with E-state index >= 15 is 0 Å². The average molecular weight is 274 g/mol. The third-order valence-electron chi connectivity index (χ3n) is 3.32. The Morgan fingerprint density at radius 2 is 2.00 bits per heavy atom. The number of rotatable bonds is 3. The van der Waals surface area contributed by atoms with Crippen LogP contribution in [-0.4, -0.2) is 41.0 Å². The summed E-state index contributed by atoms with van der Waals surface area (Å²) in [5.74, 6) is -0.582. The molecule has 1 saturated heterocycles. The number of aliphatic hydroxyl groups is 1. The molecular weight excluding hydrogens is 256 g/mol. The number of piperidine rings is 1. The fourth-order valence-corrected chi connectivity index (χ4v) is 2.19. The molecule has 106 valence electrons. The molecule has 1 aliphatic heterocycles. The molecular formula is C15H18N2O3. The second kappa shape index (κ2) is 6.34. The standard InChI is InChI=1S/C15H18N2O3/c16-15(20)12-6-3-11(4-7-12)5-8-14(19)17-9-1-2-13(18)10-17/h3-8,13,18H,1-2,9-10H2,(H2,16,20)/b8-5+. The highest BCUT2D eigenvalue weighted by Crippen LogP contribution is 2.11. The van der Waals surface area contributed by atoms with Gasteiger partial charge in [0.2, 0.25) is 11.8 Å². The molecule has 2 amide bonds. The summed E-state index contributed by atoms with van der Waals surface area (Å²) in [4.78, 5) is 24.5. The minimum absolute atomic E-state index is 0.109. The highest BCUT2D eigenvalue weighted by Gasteiger charge is 2.20. The number of β-amino-alcohol motifs (C(OH)–C–C–N with tert-alkyl or cyclic N) is 1. The lowest BCUT2D eigenvalue weighted by atomic mass is 10.1. The predicted octanol–water partition coefficient (Wildman–Crippen LogP) is 0.782. The van der Waals surface area contributed by atoms with Gasteiger partial charge in [0.05, 0.1) is 6.10 Å². The summed E-state index contributed by atoms with van der Waals surface area (Å²) in [7, 11) is 0. The Kier molecular flexibility index (Phi) is 4.53. The average Bonchev–Trinajstić information content (AvgIpc) is 2.45. The summed E-state index contributed by atoms with van der Waals surface area (Å²) in [6.07, 6.45) is 4.33. The zero-order valence-corrected chi connectivity index (χ0v) is 11.2. The number of nitrogens with two attached hydrogens (primary N) is 1. The second-order valence-electron chi connectivity index (χ2n) is 4.90. The Balaban J connectivity index is 1.97. The SMILES string of the molecule is NC(=O)c1ccc(/C=C/C(=O)N2CCCC(O)C2)cc1. The van der Waals surface area contributed by atoms with Gasteiger partial charge in [-0.05, 0) is 36.6 Å². The molecule has 1 aromatic carbocycles. The molecule has 5 nitrogen and oxygen atoms in total. The van der Waals surface area contributed by atoms with E-state index in [1.807, 2.05) is 0 Å². The maximum atomic E-state index is 11.9. The number of hydrogen-bond acceptors (Lipinski definition) is 3. The summed E-state index contributed by atoms with van der Waals surface area (Å²) in [6.45, 7) is 1.07. The van der Waals surface area contributed by atoms with Crippen molar-refractivity contribution in [1.29, 1.82) is 0 Å². The van der Waals surface area contributed by atoms with Crippen molar-refractivity contribution in [2.45, 2.75) is 18.9 Å². The van der Waals surface area contributed by atoms with Crippen molar-refractivity contribution in [2.75, 3.05) is 13.1 Å². The Morgan fingerprint density at radius 1 is 1.30 bits per heavy atom. The molecule has 0 saturated carbocycles. The largest absolute Gasteiger partial charge is 0.391 e. The summed E-state index contributed by atoms with van der Waals surface area (Å²) >= 11 is 0. The molecule has 0 spiro atoms. The van der Waals surface area contributed by atoms with Crippen molar-refractivity contribution in [3.63, 3.8) is 0 Å². The number of carbonyl (C=O) groups excluding carboxylic acids is 2. The van der Waals surface area contributed by atoms with Crippen molar-refractivity contribution in [3.8, 4) is 0 Å². The van der Waals surface area contributed by atoms with E-state index in [2.05, 4.69) is 0 Å². The van der Waals surface area contributed by atoms with Gasteiger partial charge in [-0.1, -0.05) is 12.1 Å². The van der Waals surface area contributed by atoms with Gasteiger partial charge in [0.25, 0.3) is 0 Å². The van der Waals surface area contributed by atoms with Crippen LogP contribution in [0.4, 0.5) is 0 Å². The number of amides is 2. The van der Waals surface area contributed by atoms with Crippen LogP contribution < -0.4 is 5.73 Å². The number of likely N-dealkylation sites (tertiary alicyclic amines) is 1. The van der Waals surface area contributed by atoms with E-state index in [4.69, 9.17) is 5.73 Å². The first-order valence-corrected chi connectivity index (χ1v) is 6.61. The zero-order valence-electron chi connectivity index (χ0n) is 11.2. The Bertz CT molecular complexity index is 522. The van der Waals surface area contributed by atoms with E-state index in [0.717, 1.165) is 18.4 Å². The molecule has 1 unspecified atom stereocenters. The molecule has 1 atom stereocenters. The minimum Gasteiger partial charge on any atom is -0.391 e. The smallest absolute Gasteiger partial charge is 0.248 e. The van der Waals surface area contributed by atoms with Crippen LogP contribution in [0.5, 0.6) is 0 Å². The molecule has 1 aromatic rings. The van der Waals surface area contributed by atoms with Gasteiger partial charge >= 0.3 is 0 Å². The first-order chi connectivity index (χ1) is 9.56. The van der Waals surface area contributed by atoms with Crippen molar-refractivity contribution < 1.29 is 14.7 Å². The summed E-state index contributed by atoms with van der Waals surface area (Å²) < 4.78 is 0. The van der Waals surface area contributed by atoms with Gasteiger partial charge in [-0.3, -0.25) is 9.59 Å². The third-order valence-corrected chi connectivity index (χ3v) is 3.32. The van der Waals surface area contributed by atoms with Gasteiger partial charge in [0, 0.05) is 24.7 Å². The van der Waals surface area contributed by atoms with Crippen LogP contribution in [-0.2, 0) is 4.79 Å². The molecule has 5 heteroatoms. The van der Waals surface area contributed by atoms with Crippen LogP contribution in [0.1, 0.15) is 28.8 Å². The molecule has 0 bridgehead atoms. The second-order valence-corrected chi connectivity index (χ2v) is 4.90. The van der Waals surface area contributed by atoms with Crippen LogP contribution in [0.2, 0.25) is 0 Å². The van der Waals surface area contributed by atoms with Gasteiger partial charge in [-0.25, -0.2) is 0 Å². The molecule has 1 aliphatic rings. The number of aliphatic hydroxyl groups excluding tert-OH is 1. The summed E-state index contributed by atoms with van der Waals surface area (Å²) in [6, 6.07) is 6.71. The fraction of sp³-hybridized carbons (Fsp3) is 0.333. The molecule has 1 heterocycles. The highest BCUT2D eigenvalue weighted by atomic mass is 16.3. The van der Waals surface area contributed by atoms with Crippen LogP contribution in [0.15, 0.2) is 30.3 Å². The molecule has 20 heavy (non-hydrogen) atoms. The molecule has 3 N–H and O–H groups in total. The quantitative estimate of drug-likeness (QED) is 0.799. The Hall–Kier alpha value is -2.14. The van der Waals surface area contributed by atoms with Crippen molar-refractivity contribution >= 4 is 17.9 Å². The van der Waals surface area contributed by atoms with Gasteiger partial charge < -0.3 is 15.7 Å². The number of primary amides is 1. The lowest BCUT2D eigenvalue weighted by molar-refractivity contribution is -0.128. The summed E-state index contributed by atoms with van der Waals surface area (Å²) in [5, 5.41) is 9.53. The lowest BCUT2D eigenvalue weighted by Crippen LogP contribution is -2.41. The predicted molar refractivity (Wildman–Crippen MR) is 75.8 cm³/mol. The van der Waals surface area contributed by atoms with E-state index in [0.29, 0.717) is 18.7 Å². The monoisotopic (exact) mass is 274 g/mol. The zero-order chi connectivity index (χ0) is 14.5. The molecule has 0 aromatic heterocycles. The maximum Gasteiger partial charge on any atom is 0.248 e. The van der Waals surface area contributed by atoms with E-state index in [1.54, 1.807) is 35.2 Å². The van der Waals surface area contributed by atoms with E-state index in [-0.39, 0.29) is 5.91 Å². The number of nitrogens with zero attached hydrogens (tertiary/aromatic N) is 1. The molecule has 2 rings (SSSR count). The number of carbonyl (C=O) groups is 2.